The second-order valence-electron chi connectivity index (χ2n) is 8.39. The number of piperidine rings is 1. The molecule has 0 unspecified atom stereocenters. The summed E-state index contributed by atoms with van der Waals surface area (Å²) >= 11 is 0. The molecule has 3 aromatic rings. The van der Waals surface area contributed by atoms with Gasteiger partial charge < -0.3 is 20.1 Å². The van der Waals surface area contributed by atoms with E-state index in [0.29, 0.717) is 44.6 Å². The molecule has 0 saturated carbocycles. The number of hydrogen-bond donors (Lipinski definition) is 2. The van der Waals surface area contributed by atoms with Crippen molar-refractivity contribution in [2.24, 2.45) is 0 Å². The minimum absolute atomic E-state index is 0.0461. The van der Waals surface area contributed by atoms with E-state index in [9.17, 15) is 14.7 Å². The molecule has 0 spiro atoms. The highest BCUT2D eigenvalue weighted by atomic mass is 16.5. The Morgan fingerprint density at radius 1 is 1.19 bits per heavy atom. The third-order valence-corrected chi connectivity index (χ3v) is 5.95. The van der Waals surface area contributed by atoms with Crippen LogP contribution in [-0.2, 0) is 22.6 Å². The smallest absolute Gasteiger partial charge is 0.226 e. The summed E-state index contributed by atoms with van der Waals surface area (Å²) in [6.07, 6.45) is 3.02. The van der Waals surface area contributed by atoms with Crippen molar-refractivity contribution in [1.82, 2.24) is 14.7 Å². The lowest BCUT2D eigenvalue weighted by molar-refractivity contribution is -0.135. The van der Waals surface area contributed by atoms with E-state index in [2.05, 4.69) is 10.4 Å². The molecule has 8 heteroatoms. The number of ether oxygens (including phenoxy) is 1. The SMILES string of the molecule is COc1cccc(CC(=O)N2CCC(O)(Cn3ncc4ccc(NC(C)=O)cc43)CC2)c1. The maximum Gasteiger partial charge on any atom is 0.226 e. The van der Waals surface area contributed by atoms with Gasteiger partial charge in [-0.2, -0.15) is 5.10 Å². The van der Waals surface area contributed by atoms with Gasteiger partial charge in [0.15, 0.2) is 0 Å². The topological polar surface area (TPSA) is 96.7 Å². The molecule has 1 aliphatic heterocycles. The minimum Gasteiger partial charge on any atom is -0.497 e. The molecule has 1 aliphatic rings. The van der Waals surface area contributed by atoms with Crippen molar-refractivity contribution in [3.05, 3.63) is 54.2 Å². The highest BCUT2D eigenvalue weighted by Gasteiger charge is 2.34. The van der Waals surface area contributed by atoms with E-state index >= 15 is 0 Å². The maximum absolute atomic E-state index is 12.7. The summed E-state index contributed by atoms with van der Waals surface area (Å²) in [5, 5.41) is 19.3. The number of rotatable bonds is 6. The number of fused-ring (bicyclic) bond motifs is 1. The number of aliphatic hydroxyl groups is 1. The number of nitrogens with zero attached hydrogens (tertiary/aromatic N) is 3. The number of hydrogen-bond acceptors (Lipinski definition) is 5. The first-order chi connectivity index (χ1) is 15.3. The van der Waals surface area contributed by atoms with Gasteiger partial charge in [-0.05, 0) is 48.7 Å². The Kier molecular flexibility index (Phi) is 6.14. The summed E-state index contributed by atoms with van der Waals surface area (Å²) in [5.74, 6) is 0.640. The van der Waals surface area contributed by atoms with Gasteiger partial charge in [0.2, 0.25) is 11.8 Å². The molecular weight excluding hydrogens is 408 g/mol. The van der Waals surface area contributed by atoms with Gasteiger partial charge in [-0.25, -0.2) is 0 Å². The molecule has 1 saturated heterocycles. The molecule has 0 bridgehead atoms. The third-order valence-electron chi connectivity index (χ3n) is 5.95. The van der Waals surface area contributed by atoms with E-state index in [4.69, 9.17) is 4.74 Å². The number of anilines is 1. The van der Waals surface area contributed by atoms with Crippen molar-refractivity contribution >= 4 is 28.4 Å². The average molecular weight is 437 g/mol. The molecule has 2 N–H and O–H groups in total. The van der Waals surface area contributed by atoms with Gasteiger partial charge in [-0.1, -0.05) is 12.1 Å². The number of aromatic nitrogens is 2. The van der Waals surface area contributed by atoms with E-state index in [1.165, 1.54) is 6.92 Å². The van der Waals surface area contributed by atoms with E-state index < -0.39 is 5.60 Å². The molecule has 0 atom stereocenters. The van der Waals surface area contributed by atoms with Crippen molar-refractivity contribution in [3.63, 3.8) is 0 Å². The Hall–Kier alpha value is -3.39. The molecule has 32 heavy (non-hydrogen) atoms. The van der Waals surface area contributed by atoms with Crippen LogP contribution in [0.25, 0.3) is 10.9 Å². The quantitative estimate of drug-likeness (QED) is 0.619. The Labute approximate surface area is 186 Å². The molecule has 1 fully saturated rings. The predicted molar refractivity (Wildman–Crippen MR) is 121 cm³/mol. The van der Waals surface area contributed by atoms with Crippen molar-refractivity contribution in [1.29, 1.82) is 0 Å². The van der Waals surface area contributed by atoms with Crippen molar-refractivity contribution in [2.75, 3.05) is 25.5 Å². The van der Waals surface area contributed by atoms with Gasteiger partial charge in [0, 0.05) is 31.1 Å². The second-order valence-corrected chi connectivity index (χ2v) is 8.39. The van der Waals surface area contributed by atoms with Crippen LogP contribution >= 0.6 is 0 Å². The minimum atomic E-state index is -0.949. The first-order valence-electron chi connectivity index (χ1n) is 10.7. The van der Waals surface area contributed by atoms with Gasteiger partial charge in [0.1, 0.15) is 5.75 Å². The van der Waals surface area contributed by atoms with Crippen molar-refractivity contribution < 1.29 is 19.4 Å². The lowest BCUT2D eigenvalue weighted by atomic mass is 9.91. The van der Waals surface area contributed by atoms with E-state index in [1.54, 1.807) is 18.0 Å². The molecule has 1 aromatic heterocycles. The zero-order valence-corrected chi connectivity index (χ0v) is 18.4. The number of benzene rings is 2. The third kappa shape index (κ3) is 4.91. The first kappa shape index (κ1) is 21.8. The Morgan fingerprint density at radius 3 is 2.69 bits per heavy atom. The molecule has 0 radical (unpaired) electrons. The van der Waals surface area contributed by atoms with Crippen LogP contribution in [0.4, 0.5) is 5.69 Å². The summed E-state index contributed by atoms with van der Waals surface area (Å²) in [6.45, 7) is 2.79. The van der Waals surface area contributed by atoms with E-state index in [-0.39, 0.29) is 11.8 Å². The highest BCUT2D eigenvalue weighted by molar-refractivity contribution is 5.92. The standard InChI is InChI=1S/C24H28N4O4/c1-17(29)26-20-7-6-19-15-25-28(22(19)14-20)16-24(31)8-10-27(11-9-24)23(30)13-18-4-3-5-21(12-18)32-2/h3-7,12,14-15,31H,8-11,13,16H2,1-2H3,(H,26,29). The Morgan fingerprint density at radius 2 is 1.97 bits per heavy atom. The van der Waals surface area contributed by atoms with Crippen LogP contribution < -0.4 is 10.1 Å². The number of carbonyl (C=O) groups is 2. The summed E-state index contributed by atoms with van der Waals surface area (Å²) in [6, 6.07) is 13.1. The van der Waals surface area contributed by atoms with Gasteiger partial charge in [0.25, 0.3) is 0 Å². The lowest BCUT2D eigenvalue weighted by Crippen LogP contribution is -2.49. The molecule has 2 heterocycles. The fourth-order valence-electron chi connectivity index (χ4n) is 4.16. The van der Waals surface area contributed by atoms with Crippen LogP contribution in [0.2, 0.25) is 0 Å². The molecule has 4 rings (SSSR count). The van der Waals surface area contributed by atoms with Gasteiger partial charge in [0.05, 0.1) is 37.4 Å². The maximum atomic E-state index is 12.7. The van der Waals surface area contributed by atoms with Crippen LogP contribution in [-0.4, -0.2) is 57.4 Å². The number of likely N-dealkylation sites (tertiary alicyclic amines) is 1. The highest BCUT2D eigenvalue weighted by Crippen LogP contribution is 2.27. The zero-order chi connectivity index (χ0) is 22.7. The van der Waals surface area contributed by atoms with Crippen LogP contribution in [0.15, 0.2) is 48.7 Å². The number of methoxy groups -OCH3 is 1. The molecule has 2 aromatic carbocycles. The molecular formula is C24H28N4O4. The predicted octanol–water partition coefficient (Wildman–Crippen LogP) is 2.60. The monoisotopic (exact) mass is 436 g/mol. The average Bonchev–Trinajstić information content (AvgIpc) is 3.15. The number of carbonyl (C=O) groups excluding carboxylic acids is 2. The largest absolute Gasteiger partial charge is 0.497 e. The Balaban J connectivity index is 1.39. The first-order valence-corrected chi connectivity index (χ1v) is 10.7. The van der Waals surface area contributed by atoms with E-state index in [0.717, 1.165) is 22.2 Å². The van der Waals surface area contributed by atoms with Crippen LogP contribution in [0.5, 0.6) is 5.75 Å². The summed E-state index contributed by atoms with van der Waals surface area (Å²) < 4.78 is 7.00. The van der Waals surface area contributed by atoms with Crippen LogP contribution in [0.1, 0.15) is 25.3 Å². The number of nitrogens with one attached hydrogen (secondary N) is 1. The lowest BCUT2D eigenvalue weighted by Gasteiger charge is -2.38. The van der Waals surface area contributed by atoms with Crippen molar-refractivity contribution in [3.8, 4) is 5.75 Å². The molecule has 8 nitrogen and oxygen atoms in total. The van der Waals surface area contributed by atoms with Crippen molar-refractivity contribution in [2.45, 2.75) is 38.3 Å². The summed E-state index contributed by atoms with van der Waals surface area (Å²) in [7, 11) is 1.61. The van der Waals surface area contributed by atoms with E-state index in [1.807, 2.05) is 47.4 Å². The zero-order valence-electron chi connectivity index (χ0n) is 18.4. The van der Waals surface area contributed by atoms with Gasteiger partial charge in [-0.15, -0.1) is 0 Å². The fraction of sp³-hybridized carbons (Fsp3) is 0.375. The summed E-state index contributed by atoms with van der Waals surface area (Å²) in [5.41, 5.74) is 1.50. The summed E-state index contributed by atoms with van der Waals surface area (Å²) in [4.78, 5) is 25.9. The second kappa shape index (κ2) is 9.00. The Bertz CT molecular complexity index is 1130. The number of amides is 2. The van der Waals surface area contributed by atoms with Crippen LogP contribution in [0.3, 0.4) is 0 Å². The van der Waals surface area contributed by atoms with Crippen LogP contribution in [0, 0.1) is 0 Å². The fourth-order valence-corrected chi connectivity index (χ4v) is 4.16. The normalized spacial score (nSPS) is 15.5. The van der Waals surface area contributed by atoms with Gasteiger partial charge >= 0.3 is 0 Å². The molecule has 168 valence electrons. The molecule has 2 amide bonds. The van der Waals surface area contributed by atoms with Gasteiger partial charge in [-0.3, -0.25) is 14.3 Å². The molecule has 0 aliphatic carbocycles.